The van der Waals surface area contributed by atoms with Crippen LogP contribution in [0.2, 0.25) is 0 Å². The van der Waals surface area contributed by atoms with Crippen LogP contribution in [0.3, 0.4) is 0 Å². The number of benzene rings is 2. The van der Waals surface area contributed by atoms with Crippen molar-refractivity contribution in [3.63, 3.8) is 0 Å². The van der Waals surface area contributed by atoms with E-state index in [0.717, 1.165) is 5.56 Å². The Bertz CT molecular complexity index is 578. The number of halogens is 1. The van der Waals surface area contributed by atoms with Crippen LogP contribution in [0.15, 0.2) is 47.4 Å². The average molecular weight is 248 g/mol. The third-order valence-electron chi connectivity index (χ3n) is 2.67. The first kappa shape index (κ1) is 12.0. The minimum atomic E-state index is -1.05. The highest BCUT2D eigenvalue weighted by Crippen LogP contribution is 2.26. The molecule has 0 heterocycles. The smallest absolute Gasteiger partial charge is 0.133 e. The molecule has 0 radical (unpaired) electrons. The van der Waals surface area contributed by atoms with E-state index in [4.69, 9.17) is 0 Å². The highest BCUT2D eigenvalue weighted by atomic mass is 32.2. The van der Waals surface area contributed by atoms with Gasteiger partial charge in [0.1, 0.15) is 5.82 Å². The molecule has 2 aromatic rings. The lowest BCUT2D eigenvalue weighted by atomic mass is 10.0. The first-order valence-corrected chi connectivity index (χ1v) is 6.84. The summed E-state index contributed by atoms with van der Waals surface area (Å²) >= 11 is 0. The predicted octanol–water partition coefficient (Wildman–Crippen LogP) is 3.54. The topological polar surface area (TPSA) is 17.1 Å². The van der Waals surface area contributed by atoms with Crippen molar-refractivity contribution in [2.75, 3.05) is 6.26 Å². The summed E-state index contributed by atoms with van der Waals surface area (Å²) in [7, 11) is -1.05. The van der Waals surface area contributed by atoms with Gasteiger partial charge in [0.05, 0.1) is 0 Å². The van der Waals surface area contributed by atoms with E-state index in [1.54, 1.807) is 43.5 Å². The zero-order chi connectivity index (χ0) is 12.4. The highest BCUT2D eigenvalue weighted by Gasteiger charge is 2.08. The first-order chi connectivity index (χ1) is 8.09. The molecule has 0 aliphatic heterocycles. The second-order valence-corrected chi connectivity index (χ2v) is 5.30. The van der Waals surface area contributed by atoms with E-state index in [9.17, 15) is 8.60 Å². The molecule has 1 atom stereocenters. The second-order valence-electron chi connectivity index (χ2n) is 3.92. The van der Waals surface area contributed by atoms with Gasteiger partial charge in [0.25, 0.3) is 0 Å². The van der Waals surface area contributed by atoms with Gasteiger partial charge >= 0.3 is 0 Å². The van der Waals surface area contributed by atoms with Crippen molar-refractivity contribution in [3.8, 4) is 11.1 Å². The van der Waals surface area contributed by atoms with Crippen molar-refractivity contribution in [1.82, 2.24) is 0 Å². The van der Waals surface area contributed by atoms with E-state index in [1.165, 1.54) is 0 Å². The van der Waals surface area contributed by atoms with Crippen LogP contribution < -0.4 is 0 Å². The van der Waals surface area contributed by atoms with Crippen molar-refractivity contribution in [2.24, 2.45) is 0 Å². The van der Waals surface area contributed by atoms with Crippen LogP contribution in [0.25, 0.3) is 11.1 Å². The van der Waals surface area contributed by atoms with Gasteiger partial charge in [0.2, 0.25) is 0 Å². The molecule has 3 heteroatoms. The Morgan fingerprint density at radius 1 is 1.12 bits per heavy atom. The van der Waals surface area contributed by atoms with Crippen molar-refractivity contribution in [1.29, 1.82) is 0 Å². The molecule has 88 valence electrons. The molecule has 0 saturated carbocycles. The zero-order valence-corrected chi connectivity index (χ0v) is 10.6. The first-order valence-electron chi connectivity index (χ1n) is 5.28. The van der Waals surface area contributed by atoms with Crippen LogP contribution in [0.1, 0.15) is 5.56 Å². The number of rotatable bonds is 2. The summed E-state index contributed by atoms with van der Waals surface area (Å²) in [6, 6.07) is 12.5. The lowest BCUT2D eigenvalue weighted by Crippen LogP contribution is -1.91. The predicted molar refractivity (Wildman–Crippen MR) is 68.9 cm³/mol. The molecule has 0 spiro atoms. The van der Waals surface area contributed by atoms with Gasteiger partial charge in [0, 0.05) is 27.5 Å². The number of hydrogen-bond donors (Lipinski definition) is 0. The van der Waals surface area contributed by atoms with Crippen LogP contribution in [0.4, 0.5) is 4.39 Å². The van der Waals surface area contributed by atoms with Crippen molar-refractivity contribution >= 4 is 10.8 Å². The lowest BCUT2D eigenvalue weighted by molar-refractivity contribution is 0.622. The Labute approximate surface area is 103 Å². The Balaban J connectivity index is 2.57. The molecule has 0 fully saturated rings. The minimum absolute atomic E-state index is 0.216. The molecule has 0 N–H and O–H groups in total. The summed E-state index contributed by atoms with van der Waals surface area (Å²) in [5.74, 6) is -0.216. The maximum absolute atomic E-state index is 13.9. The fourth-order valence-electron chi connectivity index (χ4n) is 1.71. The summed E-state index contributed by atoms with van der Waals surface area (Å²) in [6.07, 6.45) is 1.62. The van der Waals surface area contributed by atoms with E-state index < -0.39 is 10.8 Å². The normalized spacial score (nSPS) is 12.4. The fourth-order valence-corrected chi connectivity index (χ4v) is 2.28. The van der Waals surface area contributed by atoms with E-state index in [1.807, 2.05) is 12.1 Å². The number of aryl methyl sites for hydroxylation is 1. The molecule has 0 amide bonds. The van der Waals surface area contributed by atoms with Crippen molar-refractivity contribution < 1.29 is 8.60 Å². The van der Waals surface area contributed by atoms with Gasteiger partial charge in [-0.05, 0) is 30.2 Å². The summed E-state index contributed by atoms with van der Waals surface area (Å²) in [4.78, 5) is 0.711. The van der Waals surface area contributed by atoms with Crippen LogP contribution in [0.5, 0.6) is 0 Å². The van der Waals surface area contributed by atoms with E-state index in [-0.39, 0.29) is 5.82 Å². The Hall–Kier alpha value is -1.48. The summed E-state index contributed by atoms with van der Waals surface area (Å²) < 4.78 is 25.3. The van der Waals surface area contributed by atoms with Gasteiger partial charge in [-0.25, -0.2) is 4.39 Å². The quantitative estimate of drug-likeness (QED) is 0.794. The largest absolute Gasteiger partial charge is 0.255 e. The van der Waals surface area contributed by atoms with Crippen LogP contribution >= 0.6 is 0 Å². The molecule has 17 heavy (non-hydrogen) atoms. The van der Waals surface area contributed by atoms with Crippen molar-refractivity contribution in [2.45, 2.75) is 11.8 Å². The molecule has 0 bridgehead atoms. The van der Waals surface area contributed by atoms with E-state index >= 15 is 0 Å². The molecule has 0 aromatic heterocycles. The molecule has 0 saturated heterocycles. The lowest BCUT2D eigenvalue weighted by Gasteiger charge is -2.07. The average Bonchev–Trinajstić information content (AvgIpc) is 2.33. The Kier molecular flexibility index (Phi) is 3.38. The monoisotopic (exact) mass is 248 g/mol. The minimum Gasteiger partial charge on any atom is -0.255 e. The standard InChI is InChI=1S/C14H13FOS/c1-10-5-3-8-13(14(10)15)11-6-4-7-12(9-11)17(2)16/h3-9H,1-2H3. The van der Waals surface area contributed by atoms with Gasteiger partial charge < -0.3 is 0 Å². The molecule has 0 aliphatic carbocycles. The van der Waals surface area contributed by atoms with Gasteiger partial charge in [-0.15, -0.1) is 0 Å². The van der Waals surface area contributed by atoms with Crippen LogP contribution in [0, 0.1) is 12.7 Å². The zero-order valence-electron chi connectivity index (χ0n) is 9.74. The fraction of sp³-hybridized carbons (Fsp3) is 0.143. The molecular formula is C14H13FOS. The van der Waals surface area contributed by atoms with E-state index in [0.29, 0.717) is 16.0 Å². The van der Waals surface area contributed by atoms with Gasteiger partial charge in [-0.1, -0.05) is 30.3 Å². The van der Waals surface area contributed by atoms with Crippen LogP contribution in [-0.2, 0) is 10.8 Å². The maximum Gasteiger partial charge on any atom is 0.133 e. The molecule has 2 rings (SSSR count). The molecule has 2 aromatic carbocycles. The van der Waals surface area contributed by atoms with Gasteiger partial charge in [0.15, 0.2) is 0 Å². The van der Waals surface area contributed by atoms with Gasteiger partial charge in [-0.2, -0.15) is 0 Å². The third-order valence-corrected chi connectivity index (χ3v) is 3.59. The van der Waals surface area contributed by atoms with Crippen LogP contribution in [-0.4, -0.2) is 10.5 Å². The summed E-state index contributed by atoms with van der Waals surface area (Å²) in [5.41, 5.74) is 1.93. The Morgan fingerprint density at radius 3 is 2.53 bits per heavy atom. The second kappa shape index (κ2) is 4.80. The molecule has 1 nitrogen and oxygen atoms in total. The molecule has 1 unspecified atom stereocenters. The van der Waals surface area contributed by atoms with Gasteiger partial charge in [-0.3, -0.25) is 4.21 Å². The summed E-state index contributed by atoms with van der Waals surface area (Å²) in [6.45, 7) is 1.74. The maximum atomic E-state index is 13.9. The van der Waals surface area contributed by atoms with Crippen molar-refractivity contribution in [3.05, 3.63) is 53.8 Å². The molecule has 0 aliphatic rings. The third kappa shape index (κ3) is 2.44. The summed E-state index contributed by atoms with van der Waals surface area (Å²) in [5, 5.41) is 0. The Morgan fingerprint density at radius 2 is 1.82 bits per heavy atom. The highest BCUT2D eigenvalue weighted by molar-refractivity contribution is 7.84. The number of hydrogen-bond acceptors (Lipinski definition) is 1. The molecular weight excluding hydrogens is 235 g/mol. The SMILES string of the molecule is Cc1cccc(-c2cccc(S(C)=O)c2)c1F. The van der Waals surface area contributed by atoms with E-state index in [2.05, 4.69) is 0 Å².